The van der Waals surface area contributed by atoms with Crippen molar-refractivity contribution in [2.75, 3.05) is 26.2 Å². The van der Waals surface area contributed by atoms with Gasteiger partial charge in [-0.3, -0.25) is 4.79 Å². The Labute approximate surface area is 142 Å². The fourth-order valence-corrected chi connectivity index (χ4v) is 1.85. The lowest BCUT2D eigenvalue weighted by Gasteiger charge is -2.18. The molecule has 134 valence electrons. The van der Waals surface area contributed by atoms with E-state index in [1.54, 1.807) is 18.2 Å². The van der Waals surface area contributed by atoms with Gasteiger partial charge in [0.15, 0.2) is 17.5 Å². The third kappa shape index (κ3) is 7.80. The molecule has 7 heteroatoms. The van der Waals surface area contributed by atoms with Crippen LogP contribution in [-0.4, -0.2) is 44.1 Å². The quantitative estimate of drug-likeness (QED) is 0.473. The van der Waals surface area contributed by atoms with E-state index in [-0.39, 0.29) is 24.3 Å². The van der Waals surface area contributed by atoms with Crippen molar-refractivity contribution in [2.24, 2.45) is 4.99 Å². The van der Waals surface area contributed by atoms with E-state index in [4.69, 9.17) is 4.74 Å². The first kappa shape index (κ1) is 19.7. The molecule has 0 spiro atoms. The maximum atomic E-state index is 13.6. The molecule has 3 N–H and O–H groups in total. The molecule has 6 nitrogen and oxygen atoms in total. The van der Waals surface area contributed by atoms with Crippen LogP contribution in [0.2, 0.25) is 0 Å². The van der Waals surface area contributed by atoms with Crippen molar-refractivity contribution in [1.82, 2.24) is 16.0 Å². The van der Waals surface area contributed by atoms with Crippen molar-refractivity contribution in [3.63, 3.8) is 0 Å². The number of para-hydroxylation sites is 1. The Kier molecular flexibility index (Phi) is 9.26. The lowest BCUT2D eigenvalue weighted by atomic mass is 10.3. The van der Waals surface area contributed by atoms with Gasteiger partial charge in [-0.25, -0.2) is 9.38 Å². The first-order valence-corrected chi connectivity index (χ1v) is 8.26. The largest absolute Gasteiger partial charge is 0.486 e. The number of amides is 1. The Morgan fingerprint density at radius 2 is 2.00 bits per heavy atom. The van der Waals surface area contributed by atoms with Gasteiger partial charge in [0, 0.05) is 13.1 Å². The highest BCUT2D eigenvalue weighted by Crippen LogP contribution is 2.16. The number of carbonyl (C=O) groups excluding carboxylic acids is 1. The van der Waals surface area contributed by atoms with Crippen molar-refractivity contribution in [3.05, 3.63) is 30.1 Å². The number of ether oxygens (including phenoxy) is 1. The van der Waals surface area contributed by atoms with Crippen molar-refractivity contribution in [2.45, 2.75) is 33.3 Å². The summed E-state index contributed by atoms with van der Waals surface area (Å²) in [5, 5.41) is 8.90. The summed E-state index contributed by atoms with van der Waals surface area (Å²) in [4.78, 5) is 15.8. The number of rotatable bonds is 9. The Balaban J connectivity index is 2.47. The predicted octanol–water partition coefficient (Wildman–Crippen LogP) is 1.67. The first-order chi connectivity index (χ1) is 11.6. The van der Waals surface area contributed by atoms with Crippen LogP contribution in [0, 0.1) is 5.82 Å². The second-order valence-electron chi connectivity index (χ2n) is 5.28. The van der Waals surface area contributed by atoms with Crippen LogP contribution < -0.4 is 20.7 Å². The topological polar surface area (TPSA) is 74.8 Å². The van der Waals surface area contributed by atoms with E-state index in [9.17, 15) is 9.18 Å². The summed E-state index contributed by atoms with van der Waals surface area (Å²) in [6.07, 6.45) is 0.623. The molecule has 0 saturated carbocycles. The number of benzene rings is 1. The molecule has 1 unspecified atom stereocenters. The highest BCUT2D eigenvalue weighted by Gasteiger charge is 2.09. The summed E-state index contributed by atoms with van der Waals surface area (Å²) in [5.41, 5.74) is 0. The fourth-order valence-electron chi connectivity index (χ4n) is 1.85. The standard InChI is InChI=1S/C17H27FN4O2/c1-4-10-20-16(23)12-22-17(19-5-2)21-11-13(3)24-15-9-7-6-8-14(15)18/h6-9,13H,4-5,10-12H2,1-3H3,(H,20,23)(H2,19,21,22). The molecule has 1 atom stereocenters. The summed E-state index contributed by atoms with van der Waals surface area (Å²) in [6, 6.07) is 6.28. The van der Waals surface area contributed by atoms with Gasteiger partial charge in [-0.05, 0) is 32.4 Å². The second kappa shape index (κ2) is 11.3. The summed E-state index contributed by atoms with van der Waals surface area (Å²) >= 11 is 0. The van der Waals surface area contributed by atoms with Crippen LogP contribution in [0.5, 0.6) is 5.75 Å². The number of hydrogen-bond donors (Lipinski definition) is 3. The predicted molar refractivity (Wildman–Crippen MR) is 93.8 cm³/mol. The van der Waals surface area contributed by atoms with E-state index in [0.717, 1.165) is 6.42 Å². The van der Waals surface area contributed by atoms with E-state index in [2.05, 4.69) is 20.9 Å². The SMILES string of the molecule is CCCNC(=O)CN=C(NCC)NCC(C)Oc1ccccc1F. The van der Waals surface area contributed by atoms with Crippen LogP contribution in [0.15, 0.2) is 29.3 Å². The molecule has 1 rings (SSSR count). The van der Waals surface area contributed by atoms with Crippen LogP contribution in [0.1, 0.15) is 27.2 Å². The van der Waals surface area contributed by atoms with Gasteiger partial charge < -0.3 is 20.7 Å². The number of aliphatic imine (C=N–C) groups is 1. The van der Waals surface area contributed by atoms with E-state index in [1.165, 1.54) is 6.07 Å². The highest BCUT2D eigenvalue weighted by molar-refractivity contribution is 5.84. The molecule has 1 aromatic rings. The molecule has 0 bridgehead atoms. The minimum Gasteiger partial charge on any atom is -0.486 e. The maximum Gasteiger partial charge on any atom is 0.241 e. The third-order valence-electron chi connectivity index (χ3n) is 3.02. The van der Waals surface area contributed by atoms with E-state index >= 15 is 0 Å². The molecular formula is C17H27FN4O2. The van der Waals surface area contributed by atoms with Gasteiger partial charge in [0.2, 0.25) is 5.91 Å². The minimum absolute atomic E-state index is 0.0535. The van der Waals surface area contributed by atoms with Crippen molar-refractivity contribution >= 4 is 11.9 Å². The average Bonchev–Trinajstić information content (AvgIpc) is 2.57. The van der Waals surface area contributed by atoms with Gasteiger partial charge in [-0.15, -0.1) is 0 Å². The Hall–Kier alpha value is -2.31. The molecule has 0 radical (unpaired) electrons. The Morgan fingerprint density at radius 3 is 2.67 bits per heavy atom. The van der Waals surface area contributed by atoms with Crippen molar-refractivity contribution in [3.8, 4) is 5.75 Å². The smallest absolute Gasteiger partial charge is 0.241 e. The number of guanidine groups is 1. The normalized spacial score (nSPS) is 12.4. The van der Waals surface area contributed by atoms with E-state index in [1.807, 2.05) is 20.8 Å². The minimum atomic E-state index is -0.391. The third-order valence-corrected chi connectivity index (χ3v) is 3.02. The lowest BCUT2D eigenvalue weighted by Crippen LogP contribution is -2.42. The molecular weight excluding hydrogens is 311 g/mol. The van der Waals surface area contributed by atoms with Crippen LogP contribution in [0.3, 0.4) is 0 Å². The highest BCUT2D eigenvalue weighted by atomic mass is 19.1. The van der Waals surface area contributed by atoms with Crippen molar-refractivity contribution < 1.29 is 13.9 Å². The molecule has 0 aliphatic carbocycles. The molecule has 0 aromatic heterocycles. The van der Waals surface area contributed by atoms with Crippen LogP contribution in [0.4, 0.5) is 4.39 Å². The fraction of sp³-hybridized carbons (Fsp3) is 0.529. The number of halogens is 1. The zero-order valence-corrected chi connectivity index (χ0v) is 14.6. The second-order valence-corrected chi connectivity index (χ2v) is 5.28. The lowest BCUT2D eigenvalue weighted by molar-refractivity contribution is -0.119. The monoisotopic (exact) mass is 338 g/mol. The van der Waals surface area contributed by atoms with Crippen LogP contribution in [-0.2, 0) is 4.79 Å². The average molecular weight is 338 g/mol. The molecule has 0 saturated heterocycles. The summed E-state index contributed by atoms with van der Waals surface area (Å²) in [5.74, 6) is 0.225. The van der Waals surface area contributed by atoms with E-state index in [0.29, 0.717) is 25.6 Å². The molecule has 0 fully saturated rings. The van der Waals surface area contributed by atoms with E-state index < -0.39 is 5.82 Å². The van der Waals surface area contributed by atoms with Gasteiger partial charge in [0.05, 0.1) is 6.54 Å². The van der Waals surface area contributed by atoms with Gasteiger partial charge >= 0.3 is 0 Å². The molecule has 1 amide bonds. The molecule has 0 aliphatic rings. The first-order valence-electron chi connectivity index (χ1n) is 8.26. The number of nitrogens with one attached hydrogen (secondary N) is 3. The van der Waals surface area contributed by atoms with Crippen LogP contribution in [0.25, 0.3) is 0 Å². The molecule has 24 heavy (non-hydrogen) atoms. The zero-order chi connectivity index (χ0) is 17.8. The van der Waals surface area contributed by atoms with Gasteiger partial charge in [-0.1, -0.05) is 19.1 Å². The molecule has 0 aliphatic heterocycles. The Bertz CT molecular complexity index is 537. The summed E-state index contributed by atoms with van der Waals surface area (Å²) in [6.45, 7) is 7.56. The summed E-state index contributed by atoms with van der Waals surface area (Å²) < 4.78 is 19.1. The van der Waals surface area contributed by atoms with Crippen LogP contribution >= 0.6 is 0 Å². The number of nitrogens with zero attached hydrogens (tertiary/aromatic N) is 1. The van der Waals surface area contributed by atoms with Gasteiger partial charge in [-0.2, -0.15) is 0 Å². The molecule has 1 aromatic carbocycles. The van der Waals surface area contributed by atoms with Crippen molar-refractivity contribution in [1.29, 1.82) is 0 Å². The van der Waals surface area contributed by atoms with Gasteiger partial charge in [0.25, 0.3) is 0 Å². The summed E-state index contributed by atoms with van der Waals surface area (Å²) in [7, 11) is 0. The molecule has 0 heterocycles. The number of hydrogen-bond acceptors (Lipinski definition) is 3. The van der Waals surface area contributed by atoms with Gasteiger partial charge in [0.1, 0.15) is 12.6 Å². The number of carbonyl (C=O) groups is 1. The zero-order valence-electron chi connectivity index (χ0n) is 14.6. The maximum absolute atomic E-state index is 13.6. The Morgan fingerprint density at radius 1 is 1.25 bits per heavy atom.